The molecule has 5 nitrogen and oxygen atoms in total. The van der Waals surface area contributed by atoms with E-state index in [-0.39, 0.29) is 30.1 Å². The molecule has 1 saturated carbocycles. The zero-order valence-corrected chi connectivity index (χ0v) is 17.5. The number of Topliss-reactive ketones (excluding diaryl/α,β-unsaturated/α-hetero) is 1. The molecular formula is C26H21FO5. The van der Waals surface area contributed by atoms with Gasteiger partial charge in [0.1, 0.15) is 11.6 Å². The number of aryl methyl sites for hydroxylation is 1. The van der Waals surface area contributed by atoms with Crippen molar-refractivity contribution >= 4 is 11.8 Å². The minimum Gasteiger partial charge on any atom is -0.478 e. The summed E-state index contributed by atoms with van der Waals surface area (Å²) in [5.41, 5.74) is 2.79. The number of aromatic carboxylic acids is 1. The van der Waals surface area contributed by atoms with Gasteiger partial charge in [0.05, 0.1) is 11.0 Å². The number of carboxylic acid groups (broad SMARTS) is 1. The van der Waals surface area contributed by atoms with E-state index in [9.17, 15) is 19.1 Å². The van der Waals surface area contributed by atoms with Gasteiger partial charge in [0.2, 0.25) is 6.79 Å². The van der Waals surface area contributed by atoms with Crippen molar-refractivity contribution in [3.8, 4) is 22.6 Å². The molecule has 32 heavy (non-hydrogen) atoms. The van der Waals surface area contributed by atoms with Gasteiger partial charge >= 0.3 is 5.97 Å². The van der Waals surface area contributed by atoms with Crippen molar-refractivity contribution in [1.29, 1.82) is 0 Å². The van der Waals surface area contributed by atoms with Gasteiger partial charge in [-0.2, -0.15) is 0 Å². The third-order valence-electron chi connectivity index (χ3n) is 6.38. The van der Waals surface area contributed by atoms with Gasteiger partial charge in [0.15, 0.2) is 11.5 Å². The summed E-state index contributed by atoms with van der Waals surface area (Å²) in [5, 5.41) is 9.27. The number of halogens is 1. The van der Waals surface area contributed by atoms with Gasteiger partial charge in [0.25, 0.3) is 0 Å². The lowest BCUT2D eigenvalue weighted by Crippen LogP contribution is -2.22. The summed E-state index contributed by atoms with van der Waals surface area (Å²) < 4.78 is 25.4. The van der Waals surface area contributed by atoms with Crippen LogP contribution in [-0.4, -0.2) is 23.7 Å². The van der Waals surface area contributed by atoms with Crippen molar-refractivity contribution in [1.82, 2.24) is 0 Å². The molecule has 0 amide bonds. The maximum absolute atomic E-state index is 14.5. The fraction of sp³-hybridized carbons (Fsp3) is 0.231. The Balaban J connectivity index is 1.44. The van der Waals surface area contributed by atoms with Gasteiger partial charge in [0, 0.05) is 12.0 Å². The summed E-state index contributed by atoms with van der Waals surface area (Å²) in [4.78, 5) is 24.6. The predicted octanol–water partition coefficient (Wildman–Crippen LogP) is 5.07. The molecule has 1 N–H and O–H groups in total. The number of carboxylic acids is 1. The Labute approximate surface area is 184 Å². The Bertz CT molecular complexity index is 1260. The maximum atomic E-state index is 14.5. The number of rotatable bonds is 6. The normalized spacial score (nSPS) is 15.4. The molecule has 1 fully saturated rings. The van der Waals surface area contributed by atoms with E-state index >= 15 is 0 Å². The first-order valence-electron chi connectivity index (χ1n) is 10.4. The van der Waals surface area contributed by atoms with Crippen LogP contribution in [0.2, 0.25) is 0 Å². The lowest BCUT2D eigenvalue weighted by molar-refractivity contribution is -0.120. The predicted molar refractivity (Wildman–Crippen MR) is 116 cm³/mol. The molecule has 0 bridgehead atoms. The molecule has 0 radical (unpaired) electrons. The van der Waals surface area contributed by atoms with E-state index in [1.165, 1.54) is 12.1 Å². The maximum Gasteiger partial charge on any atom is 0.335 e. The van der Waals surface area contributed by atoms with Gasteiger partial charge < -0.3 is 14.6 Å². The average Bonchev–Trinajstić information content (AvgIpc) is 3.46. The van der Waals surface area contributed by atoms with Gasteiger partial charge in [-0.05, 0) is 72.4 Å². The van der Waals surface area contributed by atoms with E-state index in [0.717, 1.165) is 35.6 Å². The van der Waals surface area contributed by atoms with Crippen LogP contribution in [0.5, 0.6) is 11.5 Å². The van der Waals surface area contributed by atoms with Crippen LogP contribution in [0.3, 0.4) is 0 Å². The lowest BCUT2D eigenvalue weighted by atomic mass is 9.86. The molecule has 5 rings (SSSR count). The summed E-state index contributed by atoms with van der Waals surface area (Å²) in [6, 6.07) is 14.9. The number of fused-ring (bicyclic) bond motifs is 1. The third kappa shape index (κ3) is 3.42. The Morgan fingerprint density at radius 3 is 2.50 bits per heavy atom. The van der Waals surface area contributed by atoms with Crippen LogP contribution >= 0.6 is 0 Å². The molecule has 162 valence electrons. The summed E-state index contributed by atoms with van der Waals surface area (Å²) in [6.45, 7) is 2.02. The minimum absolute atomic E-state index is 0.0158. The first-order chi connectivity index (χ1) is 15.4. The van der Waals surface area contributed by atoms with Crippen LogP contribution in [0.1, 0.15) is 39.9 Å². The van der Waals surface area contributed by atoms with E-state index < -0.39 is 17.2 Å². The monoisotopic (exact) mass is 432 g/mol. The van der Waals surface area contributed by atoms with Crippen LogP contribution in [0.15, 0.2) is 54.6 Å². The van der Waals surface area contributed by atoms with Crippen LogP contribution < -0.4 is 9.47 Å². The molecule has 1 aliphatic carbocycles. The molecule has 1 aliphatic heterocycles. The van der Waals surface area contributed by atoms with Crippen molar-refractivity contribution in [2.24, 2.45) is 0 Å². The van der Waals surface area contributed by atoms with Crippen molar-refractivity contribution in [3.63, 3.8) is 0 Å². The second-order valence-electron chi connectivity index (χ2n) is 8.40. The molecule has 3 aromatic rings. The molecule has 0 atom stereocenters. The summed E-state index contributed by atoms with van der Waals surface area (Å²) >= 11 is 0. The number of ether oxygens (including phenoxy) is 2. The summed E-state index contributed by atoms with van der Waals surface area (Å²) in [5.74, 6) is -0.167. The van der Waals surface area contributed by atoms with Gasteiger partial charge in [-0.25, -0.2) is 9.18 Å². The first-order valence-corrected chi connectivity index (χ1v) is 10.4. The highest BCUT2D eigenvalue weighted by Gasteiger charge is 2.50. The second-order valence-corrected chi connectivity index (χ2v) is 8.40. The first kappa shape index (κ1) is 20.2. The zero-order valence-electron chi connectivity index (χ0n) is 17.5. The highest BCUT2D eigenvalue weighted by Crippen LogP contribution is 2.51. The fourth-order valence-electron chi connectivity index (χ4n) is 4.34. The van der Waals surface area contributed by atoms with E-state index in [1.807, 2.05) is 37.3 Å². The lowest BCUT2D eigenvalue weighted by Gasteiger charge is -2.16. The van der Waals surface area contributed by atoms with Crippen LogP contribution in [0, 0.1) is 12.7 Å². The largest absolute Gasteiger partial charge is 0.478 e. The average molecular weight is 432 g/mol. The standard InChI is InChI=1S/C26H21FO5/c1-15-2-3-16(10-19(15)20-12-17(25(29)30)4-6-21(20)27)11-24(28)26(8-9-26)18-5-7-22-23(13-18)32-14-31-22/h2-7,10,12-13H,8-9,11,14H2,1H3,(H,29,30). The quantitative estimate of drug-likeness (QED) is 0.589. The molecule has 1 heterocycles. The number of ketones is 1. The van der Waals surface area contributed by atoms with E-state index in [1.54, 1.807) is 6.07 Å². The Kier molecular flexibility index (Phi) is 4.73. The number of benzene rings is 3. The Hall–Kier alpha value is -3.67. The number of hydrogen-bond donors (Lipinski definition) is 1. The number of carbonyl (C=O) groups is 2. The fourth-order valence-corrected chi connectivity index (χ4v) is 4.34. The van der Waals surface area contributed by atoms with Crippen molar-refractivity contribution in [3.05, 3.63) is 82.7 Å². The van der Waals surface area contributed by atoms with Crippen molar-refractivity contribution < 1.29 is 28.6 Å². The summed E-state index contributed by atoms with van der Waals surface area (Å²) in [6.07, 6.45) is 1.76. The zero-order chi connectivity index (χ0) is 22.5. The van der Waals surface area contributed by atoms with Gasteiger partial charge in [-0.15, -0.1) is 0 Å². The molecular weight excluding hydrogens is 411 g/mol. The number of carbonyl (C=O) groups excluding carboxylic acids is 1. The second kappa shape index (κ2) is 7.48. The molecule has 0 saturated heterocycles. The number of hydrogen-bond acceptors (Lipinski definition) is 4. The molecule has 0 aromatic heterocycles. The van der Waals surface area contributed by atoms with E-state index in [0.29, 0.717) is 17.1 Å². The minimum atomic E-state index is -1.12. The van der Waals surface area contributed by atoms with E-state index in [2.05, 4.69) is 0 Å². The topological polar surface area (TPSA) is 72.8 Å². The SMILES string of the molecule is Cc1ccc(CC(=O)C2(c3ccc4c(c3)OCO4)CC2)cc1-c1cc(C(=O)O)ccc1F. The highest BCUT2D eigenvalue weighted by atomic mass is 19.1. The Morgan fingerprint density at radius 1 is 0.969 bits per heavy atom. The van der Waals surface area contributed by atoms with E-state index in [4.69, 9.17) is 9.47 Å². The van der Waals surface area contributed by atoms with Crippen LogP contribution in [0.4, 0.5) is 4.39 Å². The van der Waals surface area contributed by atoms with Gasteiger partial charge in [-0.3, -0.25) is 4.79 Å². The van der Waals surface area contributed by atoms with Crippen LogP contribution in [-0.2, 0) is 16.6 Å². The molecule has 0 unspecified atom stereocenters. The van der Waals surface area contributed by atoms with Gasteiger partial charge in [-0.1, -0.05) is 24.3 Å². The highest BCUT2D eigenvalue weighted by molar-refractivity contribution is 5.95. The smallest absolute Gasteiger partial charge is 0.335 e. The van der Waals surface area contributed by atoms with Crippen molar-refractivity contribution in [2.75, 3.05) is 6.79 Å². The Morgan fingerprint density at radius 2 is 1.75 bits per heavy atom. The van der Waals surface area contributed by atoms with Crippen molar-refractivity contribution in [2.45, 2.75) is 31.6 Å². The molecule has 0 spiro atoms. The molecule has 2 aliphatic rings. The molecule has 6 heteroatoms. The van der Waals surface area contributed by atoms with Crippen LogP contribution in [0.25, 0.3) is 11.1 Å². The third-order valence-corrected chi connectivity index (χ3v) is 6.38. The summed E-state index contributed by atoms with van der Waals surface area (Å²) in [7, 11) is 0. The molecule has 3 aromatic carbocycles.